The fourth-order valence-corrected chi connectivity index (χ4v) is 5.39. The number of carbonyl (C=O) groups is 2. The Hall–Kier alpha value is -2.08. The van der Waals surface area contributed by atoms with Gasteiger partial charge in [0.15, 0.2) is 0 Å². The first-order chi connectivity index (χ1) is 14.1. The van der Waals surface area contributed by atoms with Gasteiger partial charge in [0.2, 0.25) is 5.91 Å². The number of rotatable bonds is 5. The second-order valence-electron chi connectivity index (χ2n) is 8.87. The lowest BCUT2D eigenvalue weighted by Crippen LogP contribution is -2.46. The number of carbonyl (C=O) groups excluding carboxylic acids is 1. The van der Waals surface area contributed by atoms with Crippen molar-refractivity contribution in [3.05, 3.63) is 35.4 Å². The van der Waals surface area contributed by atoms with E-state index >= 15 is 0 Å². The zero-order valence-corrected chi connectivity index (χ0v) is 17.2. The third-order valence-corrected chi connectivity index (χ3v) is 6.97. The maximum Gasteiger partial charge on any atom is 0.407 e. The van der Waals surface area contributed by atoms with Gasteiger partial charge >= 0.3 is 6.09 Å². The minimum Gasteiger partial charge on any atom is -0.465 e. The van der Waals surface area contributed by atoms with Gasteiger partial charge < -0.3 is 15.3 Å². The third-order valence-electron chi connectivity index (χ3n) is 6.97. The smallest absolute Gasteiger partial charge is 0.407 e. The van der Waals surface area contributed by atoms with Crippen molar-refractivity contribution in [1.82, 2.24) is 15.1 Å². The van der Waals surface area contributed by atoms with Crippen molar-refractivity contribution in [3.63, 3.8) is 0 Å². The highest BCUT2D eigenvalue weighted by molar-refractivity contribution is 5.82. The molecule has 0 radical (unpaired) electrons. The first-order valence-corrected chi connectivity index (χ1v) is 11.2. The average Bonchev–Trinajstić information content (AvgIpc) is 3.21. The molecule has 2 fully saturated rings. The molecule has 3 aliphatic rings. The summed E-state index contributed by atoms with van der Waals surface area (Å²) in [5.74, 6) is 0.578. The molecule has 2 unspecified atom stereocenters. The van der Waals surface area contributed by atoms with Gasteiger partial charge in [-0.1, -0.05) is 24.3 Å². The Bertz CT molecular complexity index is 738. The molecule has 1 aliphatic carbocycles. The van der Waals surface area contributed by atoms with Crippen LogP contribution in [0.4, 0.5) is 4.79 Å². The number of nitrogens with zero attached hydrogens (tertiary/aromatic N) is 2. The van der Waals surface area contributed by atoms with Crippen molar-refractivity contribution in [2.75, 3.05) is 26.2 Å². The number of likely N-dealkylation sites (tertiary alicyclic amines) is 2. The van der Waals surface area contributed by atoms with Crippen molar-refractivity contribution in [3.8, 4) is 0 Å². The van der Waals surface area contributed by atoms with E-state index in [0.717, 1.165) is 64.5 Å². The van der Waals surface area contributed by atoms with Crippen LogP contribution in [0.5, 0.6) is 0 Å². The number of nitrogens with one attached hydrogen (secondary N) is 1. The molecule has 158 valence electrons. The van der Waals surface area contributed by atoms with E-state index in [-0.39, 0.29) is 18.0 Å². The van der Waals surface area contributed by atoms with Gasteiger partial charge in [-0.3, -0.25) is 9.69 Å². The van der Waals surface area contributed by atoms with Crippen molar-refractivity contribution < 1.29 is 14.7 Å². The molecule has 0 bridgehead atoms. The summed E-state index contributed by atoms with van der Waals surface area (Å²) in [6.07, 6.45) is 7.43. The van der Waals surface area contributed by atoms with E-state index in [9.17, 15) is 14.7 Å². The summed E-state index contributed by atoms with van der Waals surface area (Å²) in [6.45, 7) is 3.15. The molecule has 2 heterocycles. The molecule has 2 N–H and O–H groups in total. The fraction of sp³-hybridized carbons (Fsp3) is 0.652. The van der Waals surface area contributed by atoms with E-state index < -0.39 is 6.09 Å². The topological polar surface area (TPSA) is 72.9 Å². The Morgan fingerprint density at radius 1 is 1.07 bits per heavy atom. The van der Waals surface area contributed by atoms with E-state index in [1.807, 2.05) is 0 Å². The molecular weight excluding hydrogens is 366 g/mol. The van der Waals surface area contributed by atoms with Crippen LogP contribution >= 0.6 is 0 Å². The van der Waals surface area contributed by atoms with Crippen molar-refractivity contribution in [2.24, 2.45) is 5.92 Å². The first-order valence-electron chi connectivity index (χ1n) is 11.2. The van der Waals surface area contributed by atoms with Crippen LogP contribution < -0.4 is 5.32 Å². The molecule has 1 aromatic rings. The van der Waals surface area contributed by atoms with Crippen LogP contribution in [-0.2, 0) is 11.2 Å². The fourth-order valence-electron chi connectivity index (χ4n) is 5.39. The van der Waals surface area contributed by atoms with E-state index in [1.165, 1.54) is 11.1 Å². The minimum atomic E-state index is -0.805. The lowest BCUT2D eigenvalue weighted by molar-refractivity contribution is -0.126. The second kappa shape index (κ2) is 9.16. The van der Waals surface area contributed by atoms with Crippen LogP contribution in [-0.4, -0.2) is 59.1 Å². The van der Waals surface area contributed by atoms with Crippen LogP contribution in [0.2, 0.25) is 0 Å². The van der Waals surface area contributed by atoms with Gasteiger partial charge in [0.1, 0.15) is 0 Å². The molecule has 6 nitrogen and oxygen atoms in total. The van der Waals surface area contributed by atoms with Gasteiger partial charge in [0, 0.05) is 13.1 Å². The highest BCUT2D eigenvalue weighted by Crippen LogP contribution is 2.30. The number of piperidine rings is 1. The molecule has 0 saturated carbocycles. The van der Waals surface area contributed by atoms with Gasteiger partial charge in [-0.2, -0.15) is 0 Å². The molecule has 0 spiro atoms. The minimum absolute atomic E-state index is 0.0387. The first kappa shape index (κ1) is 20.2. The van der Waals surface area contributed by atoms with E-state index in [1.54, 1.807) is 4.90 Å². The monoisotopic (exact) mass is 399 g/mol. The van der Waals surface area contributed by atoms with Crippen LogP contribution in [0, 0.1) is 5.92 Å². The molecule has 3 atom stereocenters. The zero-order chi connectivity index (χ0) is 20.2. The SMILES string of the molecule is O=C(N[C@@H]1CCCc2ccccc21)C1CCCN1CCC1CCCN(C(=O)O)C1. The molecule has 0 aromatic heterocycles. The molecule has 2 amide bonds. The van der Waals surface area contributed by atoms with Crippen LogP contribution in [0.3, 0.4) is 0 Å². The Labute approximate surface area is 173 Å². The Balaban J connectivity index is 1.31. The quantitative estimate of drug-likeness (QED) is 0.796. The summed E-state index contributed by atoms with van der Waals surface area (Å²) in [5, 5.41) is 12.6. The van der Waals surface area contributed by atoms with E-state index in [4.69, 9.17) is 0 Å². The molecule has 1 aromatic carbocycles. The summed E-state index contributed by atoms with van der Waals surface area (Å²) < 4.78 is 0. The number of aryl methyl sites for hydroxylation is 1. The number of amides is 2. The number of benzene rings is 1. The molecule has 29 heavy (non-hydrogen) atoms. The average molecular weight is 400 g/mol. The maximum atomic E-state index is 13.1. The number of hydrogen-bond acceptors (Lipinski definition) is 3. The molecule has 6 heteroatoms. The summed E-state index contributed by atoms with van der Waals surface area (Å²) in [4.78, 5) is 28.2. The summed E-state index contributed by atoms with van der Waals surface area (Å²) in [7, 11) is 0. The van der Waals surface area contributed by atoms with Crippen molar-refractivity contribution >= 4 is 12.0 Å². The standard InChI is InChI=1S/C23H33N3O3/c27-22(24-20-10-3-8-18-7-1-2-9-19(18)20)21-11-5-13-25(21)15-12-17-6-4-14-26(16-17)23(28)29/h1-2,7,9,17,20-21H,3-6,8,10-16H2,(H,24,27)(H,28,29)/t17?,20-,21?/m1/s1. The second-order valence-corrected chi connectivity index (χ2v) is 8.87. The van der Waals surface area contributed by atoms with Crippen molar-refractivity contribution in [1.29, 1.82) is 0 Å². The molecule has 2 saturated heterocycles. The van der Waals surface area contributed by atoms with E-state index in [0.29, 0.717) is 19.0 Å². The van der Waals surface area contributed by atoms with Crippen LogP contribution in [0.25, 0.3) is 0 Å². The Morgan fingerprint density at radius 2 is 1.90 bits per heavy atom. The summed E-state index contributed by atoms with van der Waals surface area (Å²) in [6, 6.07) is 8.58. The number of carboxylic acid groups (broad SMARTS) is 1. The lowest BCUT2D eigenvalue weighted by atomic mass is 9.87. The normalized spacial score (nSPS) is 27.4. The van der Waals surface area contributed by atoms with E-state index in [2.05, 4.69) is 34.5 Å². The zero-order valence-electron chi connectivity index (χ0n) is 17.2. The Kier molecular flexibility index (Phi) is 6.38. The van der Waals surface area contributed by atoms with Gasteiger partial charge in [0.05, 0.1) is 12.1 Å². The van der Waals surface area contributed by atoms with Crippen LogP contribution in [0.15, 0.2) is 24.3 Å². The molecular formula is C23H33N3O3. The largest absolute Gasteiger partial charge is 0.465 e. The summed E-state index contributed by atoms with van der Waals surface area (Å²) in [5.41, 5.74) is 2.65. The number of fused-ring (bicyclic) bond motifs is 1. The van der Waals surface area contributed by atoms with Crippen molar-refractivity contribution in [2.45, 2.75) is 63.5 Å². The highest BCUT2D eigenvalue weighted by atomic mass is 16.4. The Morgan fingerprint density at radius 3 is 2.76 bits per heavy atom. The maximum absolute atomic E-state index is 13.1. The summed E-state index contributed by atoms with van der Waals surface area (Å²) >= 11 is 0. The third kappa shape index (κ3) is 4.74. The lowest BCUT2D eigenvalue weighted by Gasteiger charge is -2.33. The van der Waals surface area contributed by atoms with Gasteiger partial charge in [0.25, 0.3) is 0 Å². The van der Waals surface area contributed by atoms with Crippen LogP contribution in [0.1, 0.15) is 62.1 Å². The number of hydrogen-bond donors (Lipinski definition) is 2. The highest BCUT2D eigenvalue weighted by Gasteiger charge is 2.33. The van der Waals surface area contributed by atoms with Gasteiger partial charge in [-0.15, -0.1) is 0 Å². The van der Waals surface area contributed by atoms with Gasteiger partial charge in [-0.05, 0) is 81.5 Å². The predicted octanol–water partition coefficient (Wildman–Crippen LogP) is 3.42. The molecule has 2 aliphatic heterocycles. The van der Waals surface area contributed by atoms with Gasteiger partial charge in [-0.25, -0.2) is 4.79 Å². The predicted molar refractivity (Wildman–Crippen MR) is 112 cm³/mol. The molecule has 4 rings (SSSR count).